The molecular weight excluding hydrogens is 248 g/mol. The van der Waals surface area contributed by atoms with E-state index in [1.54, 1.807) is 0 Å². The number of rotatable bonds is 4. The van der Waals surface area contributed by atoms with Crippen LogP contribution in [0.1, 0.15) is 12.5 Å². The molecule has 0 amide bonds. The predicted octanol–water partition coefficient (Wildman–Crippen LogP) is 3.61. The summed E-state index contributed by atoms with van der Waals surface area (Å²) in [5.41, 5.74) is 1.47. The molecule has 0 heterocycles. The molecule has 1 nitrogen and oxygen atoms in total. The highest BCUT2D eigenvalue weighted by atomic mass is 28.2. The van der Waals surface area contributed by atoms with Crippen LogP contribution in [0.15, 0.2) is 54.6 Å². The first-order valence-electron chi connectivity index (χ1n) is 6.87. The van der Waals surface area contributed by atoms with Gasteiger partial charge in [-0.2, -0.15) is 0 Å². The number of hydrogen-bond donors (Lipinski definition) is 0. The van der Waals surface area contributed by atoms with Gasteiger partial charge >= 0.3 is 0 Å². The van der Waals surface area contributed by atoms with Crippen molar-refractivity contribution < 1.29 is 4.43 Å². The van der Waals surface area contributed by atoms with Crippen LogP contribution in [0.4, 0.5) is 0 Å². The Bertz CT molecular complexity index is 652. The second-order valence-electron chi connectivity index (χ2n) is 4.74. The molecule has 3 aromatic rings. The molecule has 0 unspecified atom stereocenters. The lowest BCUT2D eigenvalue weighted by atomic mass is 9.98. The van der Waals surface area contributed by atoms with E-state index in [1.165, 1.54) is 27.1 Å². The van der Waals surface area contributed by atoms with Crippen molar-refractivity contribution >= 4 is 31.3 Å². The SMILES string of the molecule is CCO[SiH2]Cc1c2ccccc2cc2ccccc12. The van der Waals surface area contributed by atoms with Crippen molar-refractivity contribution in [3.63, 3.8) is 0 Å². The zero-order chi connectivity index (χ0) is 13.1. The Morgan fingerprint density at radius 1 is 0.895 bits per heavy atom. The minimum Gasteiger partial charge on any atom is -0.424 e. The van der Waals surface area contributed by atoms with Crippen LogP contribution < -0.4 is 0 Å². The number of benzene rings is 3. The molecule has 0 aliphatic carbocycles. The van der Waals surface area contributed by atoms with Gasteiger partial charge in [0.15, 0.2) is 9.76 Å². The molecule has 0 radical (unpaired) electrons. The maximum Gasteiger partial charge on any atom is 0.165 e. The van der Waals surface area contributed by atoms with E-state index in [4.69, 9.17) is 4.43 Å². The molecule has 3 aromatic carbocycles. The van der Waals surface area contributed by atoms with Gasteiger partial charge in [0, 0.05) is 6.61 Å². The highest BCUT2D eigenvalue weighted by molar-refractivity contribution is 6.28. The van der Waals surface area contributed by atoms with Crippen LogP contribution in [0.2, 0.25) is 0 Å². The molecule has 0 saturated carbocycles. The third-order valence-corrected chi connectivity index (χ3v) is 4.98. The number of fused-ring (bicyclic) bond motifs is 2. The zero-order valence-electron chi connectivity index (χ0n) is 11.2. The van der Waals surface area contributed by atoms with Crippen LogP contribution in [0.3, 0.4) is 0 Å². The molecule has 0 atom stereocenters. The Kier molecular flexibility index (Phi) is 3.62. The standard InChI is InChI=1S/C17H18OSi/c1-2-18-19-12-17-15-9-5-3-7-13(15)11-14-8-4-6-10-16(14)17/h3-11H,2,12,19H2,1H3. The Hall–Kier alpha value is -1.64. The fourth-order valence-corrected chi connectivity index (χ4v) is 3.87. The van der Waals surface area contributed by atoms with Crippen molar-refractivity contribution in [1.82, 2.24) is 0 Å². The summed E-state index contributed by atoms with van der Waals surface area (Å²) in [6.45, 7) is 2.92. The van der Waals surface area contributed by atoms with Crippen LogP contribution in [0, 0.1) is 0 Å². The van der Waals surface area contributed by atoms with Crippen molar-refractivity contribution in [3.8, 4) is 0 Å². The molecule has 96 valence electrons. The van der Waals surface area contributed by atoms with Crippen molar-refractivity contribution in [1.29, 1.82) is 0 Å². The highest BCUT2D eigenvalue weighted by Gasteiger charge is 2.07. The fourth-order valence-electron chi connectivity index (χ4n) is 2.70. The Morgan fingerprint density at radius 3 is 2.05 bits per heavy atom. The molecule has 0 saturated heterocycles. The quantitative estimate of drug-likeness (QED) is 0.398. The van der Waals surface area contributed by atoms with Crippen LogP contribution >= 0.6 is 0 Å². The topological polar surface area (TPSA) is 9.23 Å². The molecule has 0 fully saturated rings. The van der Waals surface area contributed by atoms with Gasteiger partial charge in [0.1, 0.15) is 0 Å². The Morgan fingerprint density at radius 2 is 1.47 bits per heavy atom. The van der Waals surface area contributed by atoms with Gasteiger partial charge in [0.25, 0.3) is 0 Å². The summed E-state index contributed by atoms with van der Waals surface area (Å²) >= 11 is 0. The first kappa shape index (κ1) is 12.4. The molecule has 0 N–H and O–H groups in total. The van der Waals surface area contributed by atoms with E-state index in [0.29, 0.717) is 0 Å². The highest BCUT2D eigenvalue weighted by Crippen LogP contribution is 2.28. The average Bonchev–Trinajstić information content (AvgIpc) is 2.46. The summed E-state index contributed by atoms with van der Waals surface area (Å²) in [5, 5.41) is 5.44. The zero-order valence-corrected chi connectivity index (χ0v) is 12.6. The first-order valence-corrected chi connectivity index (χ1v) is 8.45. The van der Waals surface area contributed by atoms with Gasteiger partial charge in [-0.15, -0.1) is 0 Å². The maximum atomic E-state index is 5.67. The lowest BCUT2D eigenvalue weighted by Gasteiger charge is -2.11. The van der Waals surface area contributed by atoms with Crippen molar-refractivity contribution in [2.45, 2.75) is 13.0 Å². The number of hydrogen-bond acceptors (Lipinski definition) is 1. The first-order chi connectivity index (χ1) is 9.40. The lowest BCUT2D eigenvalue weighted by Crippen LogP contribution is -2.03. The Balaban J connectivity index is 2.21. The van der Waals surface area contributed by atoms with Gasteiger partial charge < -0.3 is 4.43 Å². The minimum atomic E-state index is -0.463. The van der Waals surface area contributed by atoms with E-state index in [1.807, 2.05) is 0 Å². The summed E-state index contributed by atoms with van der Waals surface area (Å²) in [7, 11) is -0.463. The third kappa shape index (κ3) is 2.42. The molecule has 0 aromatic heterocycles. The second-order valence-corrected chi connectivity index (χ2v) is 6.06. The fraction of sp³-hybridized carbons (Fsp3) is 0.176. The van der Waals surface area contributed by atoms with E-state index in [2.05, 4.69) is 61.5 Å². The van der Waals surface area contributed by atoms with Gasteiger partial charge in [-0.05, 0) is 46.1 Å². The summed E-state index contributed by atoms with van der Waals surface area (Å²) < 4.78 is 5.67. The Labute approximate surface area is 116 Å². The van der Waals surface area contributed by atoms with E-state index in [9.17, 15) is 0 Å². The smallest absolute Gasteiger partial charge is 0.165 e. The molecule has 0 bridgehead atoms. The molecular formula is C17H18OSi. The molecule has 2 heteroatoms. The van der Waals surface area contributed by atoms with Crippen molar-refractivity contribution in [3.05, 3.63) is 60.2 Å². The van der Waals surface area contributed by atoms with Crippen molar-refractivity contribution in [2.24, 2.45) is 0 Å². The maximum absolute atomic E-state index is 5.67. The predicted molar refractivity (Wildman–Crippen MR) is 85.3 cm³/mol. The normalized spacial score (nSPS) is 11.8. The van der Waals surface area contributed by atoms with Crippen molar-refractivity contribution in [2.75, 3.05) is 6.61 Å². The molecule has 0 aliphatic rings. The van der Waals surface area contributed by atoms with Crippen LogP contribution in [0.5, 0.6) is 0 Å². The molecule has 0 aliphatic heterocycles. The third-order valence-electron chi connectivity index (χ3n) is 3.58. The monoisotopic (exact) mass is 266 g/mol. The molecule has 19 heavy (non-hydrogen) atoms. The second kappa shape index (κ2) is 5.55. The average molecular weight is 266 g/mol. The molecule has 3 rings (SSSR count). The van der Waals surface area contributed by atoms with Gasteiger partial charge in [-0.1, -0.05) is 48.5 Å². The van der Waals surface area contributed by atoms with Crippen LogP contribution in [-0.2, 0) is 10.5 Å². The van der Waals surface area contributed by atoms with Gasteiger partial charge in [-0.25, -0.2) is 0 Å². The van der Waals surface area contributed by atoms with Crippen LogP contribution in [0.25, 0.3) is 21.5 Å². The summed E-state index contributed by atoms with van der Waals surface area (Å²) in [4.78, 5) is 0. The van der Waals surface area contributed by atoms with Gasteiger partial charge in [-0.3, -0.25) is 0 Å². The van der Waals surface area contributed by atoms with Gasteiger partial charge in [0.2, 0.25) is 0 Å². The largest absolute Gasteiger partial charge is 0.424 e. The van der Waals surface area contributed by atoms with E-state index in [-0.39, 0.29) is 0 Å². The van der Waals surface area contributed by atoms with E-state index in [0.717, 1.165) is 12.7 Å². The summed E-state index contributed by atoms with van der Waals surface area (Å²) in [5.74, 6) is 0. The molecule has 0 spiro atoms. The van der Waals surface area contributed by atoms with Gasteiger partial charge in [0.05, 0.1) is 0 Å². The summed E-state index contributed by atoms with van der Waals surface area (Å²) in [6.07, 6.45) is 0. The van der Waals surface area contributed by atoms with E-state index < -0.39 is 9.76 Å². The summed E-state index contributed by atoms with van der Waals surface area (Å²) in [6, 6.07) is 20.7. The minimum absolute atomic E-state index is 0.463. The van der Waals surface area contributed by atoms with E-state index >= 15 is 0 Å². The van der Waals surface area contributed by atoms with Crippen LogP contribution in [-0.4, -0.2) is 16.4 Å². The lowest BCUT2D eigenvalue weighted by molar-refractivity contribution is 0.360.